The lowest BCUT2D eigenvalue weighted by molar-refractivity contribution is -0.134. The van der Waals surface area contributed by atoms with Crippen LogP contribution in [-0.2, 0) is 14.8 Å². The van der Waals surface area contributed by atoms with Gasteiger partial charge in [0.2, 0.25) is 15.9 Å². The largest absolute Gasteiger partial charge is 0.478 e. The fourth-order valence-corrected chi connectivity index (χ4v) is 5.93. The maximum Gasteiger partial charge on any atom is 0.340 e. The molecule has 0 aromatic carbocycles. The van der Waals surface area contributed by atoms with Gasteiger partial charge in [-0.05, 0) is 38.5 Å². The van der Waals surface area contributed by atoms with Gasteiger partial charge in [0.15, 0.2) is 0 Å². The summed E-state index contributed by atoms with van der Waals surface area (Å²) in [6.45, 7) is 3.89. The zero-order chi connectivity index (χ0) is 18.9. The first kappa shape index (κ1) is 17.5. The maximum absolute atomic E-state index is 13.0. The molecule has 1 unspecified atom stereocenters. The number of amides is 1. The number of carbonyl (C=O) groups is 2. The standard InChI is InChI=1S/C17H22N2O6S/c1-10-13(16(21)22)14(11(2)25-10)26(23,24)19-7-5-18(6-8-19)15(20)12-9-17(12)3-4-17/h12H,3-9H2,1-2H3,(H,21,22). The van der Waals surface area contributed by atoms with E-state index in [0.29, 0.717) is 13.1 Å². The smallest absolute Gasteiger partial charge is 0.340 e. The van der Waals surface area contributed by atoms with Crippen molar-refractivity contribution in [3.05, 3.63) is 17.1 Å². The van der Waals surface area contributed by atoms with Gasteiger partial charge < -0.3 is 14.4 Å². The van der Waals surface area contributed by atoms with E-state index in [1.165, 1.54) is 18.2 Å². The molecule has 3 aliphatic rings. The van der Waals surface area contributed by atoms with Crippen LogP contribution in [0, 0.1) is 25.2 Å². The van der Waals surface area contributed by atoms with Crippen molar-refractivity contribution in [2.75, 3.05) is 26.2 Å². The lowest BCUT2D eigenvalue weighted by Gasteiger charge is -2.34. The number of carboxylic acids is 1. The number of carbonyl (C=O) groups excluding carboxylic acids is 1. The van der Waals surface area contributed by atoms with Crippen LogP contribution in [0.3, 0.4) is 0 Å². The maximum atomic E-state index is 13.0. The second-order valence-corrected chi connectivity index (χ2v) is 9.45. The van der Waals surface area contributed by atoms with E-state index in [0.717, 1.165) is 19.3 Å². The number of hydrogen-bond donors (Lipinski definition) is 1. The Hall–Kier alpha value is -1.87. The number of rotatable bonds is 4. The third-order valence-corrected chi connectivity index (χ3v) is 8.00. The number of aryl methyl sites for hydroxylation is 2. The van der Waals surface area contributed by atoms with E-state index in [4.69, 9.17) is 4.42 Å². The van der Waals surface area contributed by atoms with Crippen LogP contribution in [0.25, 0.3) is 0 Å². The molecule has 2 saturated carbocycles. The second kappa shape index (κ2) is 5.56. The fourth-order valence-electron chi connectivity index (χ4n) is 4.13. The molecule has 1 saturated heterocycles. The highest BCUT2D eigenvalue weighted by atomic mass is 32.2. The van der Waals surface area contributed by atoms with Crippen LogP contribution in [-0.4, -0.2) is 60.8 Å². The number of sulfonamides is 1. The molecule has 4 rings (SSSR count). The highest BCUT2D eigenvalue weighted by Gasteiger charge is 2.66. The molecule has 26 heavy (non-hydrogen) atoms. The first-order valence-electron chi connectivity index (χ1n) is 8.79. The van der Waals surface area contributed by atoms with Gasteiger partial charge in [-0.15, -0.1) is 0 Å². The summed E-state index contributed by atoms with van der Waals surface area (Å²) in [5, 5.41) is 9.36. The Morgan fingerprint density at radius 2 is 1.73 bits per heavy atom. The molecule has 1 atom stereocenters. The molecule has 1 aromatic rings. The van der Waals surface area contributed by atoms with Crippen molar-refractivity contribution >= 4 is 21.9 Å². The molecule has 1 aliphatic heterocycles. The Morgan fingerprint density at radius 1 is 1.12 bits per heavy atom. The van der Waals surface area contributed by atoms with Crippen LogP contribution in [0.4, 0.5) is 0 Å². The molecule has 1 spiro atoms. The number of aromatic carboxylic acids is 1. The molecule has 0 bridgehead atoms. The molecule has 0 radical (unpaired) electrons. The van der Waals surface area contributed by atoms with E-state index in [1.54, 1.807) is 4.90 Å². The van der Waals surface area contributed by atoms with Gasteiger partial charge in [0.1, 0.15) is 22.0 Å². The Morgan fingerprint density at radius 3 is 2.23 bits per heavy atom. The SMILES string of the molecule is Cc1oc(C)c(S(=O)(=O)N2CCN(C(=O)C3CC34CC4)CC2)c1C(=O)O. The van der Waals surface area contributed by atoms with Gasteiger partial charge in [0, 0.05) is 32.1 Å². The lowest BCUT2D eigenvalue weighted by Crippen LogP contribution is -2.51. The summed E-state index contributed by atoms with van der Waals surface area (Å²) in [5.74, 6) is -0.905. The van der Waals surface area contributed by atoms with Crippen molar-refractivity contribution in [2.45, 2.75) is 38.0 Å². The quantitative estimate of drug-likeness (QED) is 0.839. The molecule has 1 aromatic heterocycles. The summed E-state index contributed by atoms with van der Waals surface area (Å²) in [6.07, 6.45) is 3.24. The number of nitrogens with zero attached hydrogens (tertiary/aromatic N) is 2. The molecule has 8 nitrogen and oxygen atoms in total. The van der Waals surface area contributed by atoms with Gasteiger partial charge in [0.05, 0.1) is 0 Å². The topological polar surface area (TPSA) is 108 Å². The third kappa shape index (κ3) is 2.56. The molecule has 3 fully saturated rings. The Bertz CT molecular complexity index is 891. The summed E-state index contributed by atoms with van der Waals surface area (Å²) in [7, 11) is -3.99. The minimum absolute atomic E-state index is 0.0749. The van der Waals surface area contributed by atoms with E-state index in [1.807, 2.05) is 0 Å². The molecule has 142 valence electrons. The summed E-state index contributed by atoms with van der Waals surface area (Å²) in [4.78, 5) is 25.5. The van der Waals surface area contributed by atoms with Crippen molar-refractivity contribution in [3.63, 3.8) is 0 Å². The zero-order valence-electron chi connectivity index (χ0n) is 14.8. The minimum atomic E-state index is -3.99. The second-order valence-electron chi connectivity index (χ2n) is 7.57. The molecule has 1 N–H and O–H groups in total. The van der Waals surface area contributed by atoms with E-state index in [9.17, 15) is 23.1 Å². The molecule has 1 amide bonds. The average Bonchev–Trinajstić information content (AvgIpc) is 3.48. The highest BCUT2D eigenvalue weighted by molar-refractivity contribution is 7.89. The van der Waals surface area contributed by atoms with Crippen molar-refractivity contribution in [3.8, 4) is 0 Å². The number of furan rings is 1. The summed E-state index contributed by atoms with van der Waals surface area (Å²) in [5.41, 5.74) is -0.0306. The van der Waals surface area contributed by atoms with Crippen LogP contribution in [0.15, 0.2) is 9.31 Å². The van der Waals surface area contributed by atoms with Crippen molar-refractivity contribution in [1.29, 1.82) is 0 Å². The van der Waals surface area contributed by atoms with Gasteiger partial charge in [-0.1, -0.05) is 0 Å². The fraction of sp³-hybridized carbons (Fsp3) is 0.647. The van der Waals surface area contributed by atoms with Crippen LogP contribution in [0.1, 0.15) is 41.1 Å². The van der Waals surface area contributed by atoms with E-state index >= 15 is 0 Å². The monoisotopic (exact) mass is 382 g/mol. The predicted molar refractivity (Wildman–Crippen MR) is 90.3 cm³/mol. The van der Waals surface area contributed by atoms with Crippen LogP contribution in [0.2, 0.25) is 0 Å². The van der Waals surface area contributed by atoms with Crippen LogP contribution >= 0.6 is 0 Å². The normalized spacial score (nSPS) is 24.7. The van der Waals surface area contributed by atoms with Crippen LogP contribution in [0.5, 0.6) is 0 Å². The third-order valence-electron chi connectivity index (χ3n) is 5.95. The van der Waals surface area contributed by atoms with E-state index < -0.39 is 16.0 Å². The Balaban J connectivity index is 1.50. The number of carboxylic acid groups (broad SMARTS) is 1. The molecule has 2 aliphatic carbocycles. The van der Waals surface area contributed by atoms with Crippen LogP contribution < -0.4 is 0 Å². The first-order chi connectivity index (χ1) is 12.2. The molecule has 9 heteroatoms. The molecular weight excluding hydrogens is 360 g/mol. The van der Waals surface area contributed by atoms with Crippen molar-refractivity contribution in [2.24, 2.45) is 11.3 Å². The van der Waals surface area contributed by atoms with Gasteiger partial charge >= 0.3 is 5.97 Å². The summed E-state index contributed by atoms with van der Waals surface area (Å²) < 4.78 is 32.5. The lowest BCUT2D eigenvalue weighted by atomic mass is 10.2. The minimum Gasteiger partial charge on any atom is -0.478 e. The number of piperazine rings is 1. The van der Waals surface area contributed by atoms with Crippen molar-refractivity contribution < 1.29 is 27.5 Å². The predicted octanol–water partition coefficient (Wildman–Crippen LogP) is 1.23. The average molecular weight is 382 g/mol. The Kier molecular flexibility index (Phi) is 3.75. The van der Waals surface area contributed by atoms with Gasteiger partial charge in [-0.3, -0.25) is 4.79 Å². The number of hydrogen-bond acceptors (Lipinski definition) is 5. The molecule has 2 heterocycles. The van der Waals surface area contributed by atoms with Crippen molar-refractivity contribution in [1.82, 2.24) is 9.21 Å². The van der Waals surface area contributed by atoms with E-state index in [2.05, 4.69) is 0 Å². The van der Waals surface area contributed by atoms with Gasteiger partial charge in [-0.25, -0.2) is 13.2 Å². The molecular formula is C17H22N2O6S. The Labute approximate surface area is 151 Å². The zero-order valence-corrected chi connectivity index (χ0v) is 15.6. The highest BCUT2D eigenvalue weighted by Crippen LogP contribution is 2.70. The van der Waals surface area contributed by atoms with Gasteiger partial charge in [0.25, 0.3) is 0 Å². The first-order valence-corrected chi connectivity index (χ1v) is 10.2. The summed E-state index contributed by atoms with van der Waals surface area (Å²) in [6, 6.07) is 0. The van der Waals surface area contributed by atoms with E-state index in [-0.39, 0.29) is 52.3 Å². The van der Waals surface area contributed by atoms with Gasteiger partial charge in [-0.2, -0.15) is 4.31 Å². The summed E-state index contributed by atoms with van der Waals surface area (Å²) >= 11 is 0.